The van der Waals surface area contributed by atoms with Crippen LogP contribution in [0.15, 0.2) is 0 Å². The number of aliphatic hydroxyl groups is 1. The second kappa shape index (κ2) is 6.46. The molecule has 1 N–H and O–H groups in total. The maximum Gasteiger partial charge on any atom is 0.0557 e. The third kappa shape index (κ3) is 4.09. The van der Waals surface area contributed by atoms with Crippen LogP contribution >= 0.6 is 0 Å². The van der Waals surface area contributed by atoms with E-state index in [4.69, 9.17) is 4.74 Å². The van der Waals surface area contributed by atoms with Crippen LogP contribution in [0.3, 0.4) is 0 Å². The molecule has 1 unspecified atom stereocenters. The smallest absolute Gasteiger partial charge is 0.0557 e. The first-order valence-corrected chi connectivity index (χ1v) is 6.09. The third-order valence-electron chi connectivity index (χ3n) is 3.27. The monoisotopic (exact) mass is 215 g/mol. The topological polar surface area (TPSA) is 32.7 Å². The molecule has 3 heteroatoms. The van der Waals surface area contributed by atoms with E-state index >= 15 is 0 Å². The molecular weight excluding hydrogens is 190 g/mol. The molecule has 1 atom stereocenters. The Morgan fingerprint density at radius 1 is 1.40 bits per heavy atom. The van der Waals surface area contributed by atoms with Crippen molar-refractivity contribution in [3.8, 4) is 0 Å². The van der Waals surface area contributed by atoms with Gasteiger partial charge in [0.25, 0.3) is 0 Å². The van der Waals surface area contributed by atoms with Gasteiger partial charge in [-0.05, 0) is 26.4 Å². The van der Waals surface area contributed by atoms with Gasteiger partial charge in [0.15, 0.2) is 0 Å². The quantitative estimate of drug-likeness (QED) is 0.653. The summed E-state index contributed by atoms with van der Waals surface area (Å²) in [4.78, 5) is 2.33. The fourth-order valence-corrected chi connectivity index (χ4v) is 2.23. The molecule has 0 radical (unpaired) electrons. The molecule has 3 nitrogen and oxygen atoms in total. The molecule has 15 heavy (non-hydrogen) atoms. The Morgan fingerprint density at radius 3 is 2.73 bits per heavy atom. The summed E-state index contributed by atoms with van der Waals surface area (Å²) in [5, 5.41) is 9.43. The van der Waals surface area contributed by atoms with Crippen LogP contribution in [0.1, 0.15) is 32.6 Å². The summed E-state index contributed by atoms with van der Waals surface area (Å²) in [5.41, 5.74) is 0.0148. The highest BCUT2D eigenvalue weighted by Gasteiger charge is 2.35. The van der Waals surface area contributed by atoms with E-state index in [-0.39, 0.29) is 12.0 Å². The summed E-state index contributed by atoms with van der Waals surface area (Å²) in [6.45, 7) is 6.11. The highest BCUT2D eigenvalue weighted by Crippen LogP contribution is 2.28. The molecule has 1 rings (SSSR count). The zero-order valence-electron chi connectivity index (χ0n) is 10.2. The van der Waals surface area contributed by atoms with Gasteiger partial charge in [0.05, 0.1) is 13.2 Å². The summed E-state index contributed by atoms with van der Waals surface area (Å²) in [5.74, 6) is 0. The predicted molar refractivity (Wildman–Crippen MR) is 62.0 cm³/mol. The van der Waals surface area contributed by atoms with Crippen LogP contribution in [0, 0.1) is 5.41 Å². The number of hydrogen-bond donors (Lipinski definition) is 1. The standard InChI is InChI=1S/C12H25NO2/c1-3-4-5-7-13(2)9-12(10-14)6-8-15-11-12/h14H,3-11H2,1-2H3. The number of aliphatic hydroxyl groups excluding tert-OH is 1. The maximum atomic E-state index is 9.43. The number of ether oxygens (including phenoxy) is 1. The number of nitrogens with zero attached hydrogens (tertiary/aromatic N) is 1. The van der Waals surface area contributed by atoms with Crippen LogP contribution in [-0.4, -0.2) is 50.0 Å². The van der Waals surface area contributed by atoms with Gasteiger partial charge < -0.3 is 14.7 Å². The van der Waals surface area contributed by atoms with Crippen LogP contribution < -0.4 is 0 Å². The Labute approximate surface area is 93.4 Å². The molecule has 1 aliphatic rings. The Hall–Kier alpha value is -0.120. The molecule has 1 heterocycles. The van der Waals surface area contributed by atoms with Gasteiger partial charge >= 0.3 is 0 Å². The van der Waals surface area contributed by atoms with Crippen molar-refractivity contribution in [2.24, 2.45) is 5.41 Å². The molecular formula is C12H25NO2. The maximum absolute atomic E-state index is 9.43. The molecule has 0 amide bonds. The van der Waals surface area contributed by atoms with Gasteiger partial charge in [-0.3, -0.25) is 0 Å². The zero-order valence-corrected chi connectivity index (χ0v) is 10.2. The molecule has 1 fully saturated rings. The van der Waals surface area contributed by atoms with Crippen LogP contribution in [0.25, 0.3) is 0 Å². The third-order valence-corrected chi connectivity index (χ3v) is 3.27. The van der Waals surface area contributed by atoms with E-state index in [0.29, 0.717) is 0 Å². The van der Waals surface area contributed by atoms with Crippen LogP contribution in [0.4, 0.5) is 0 Å². The van der Waals surface area contributed by atoms with Gasteiger partial charge in [-0.2, -0.15) is 0 Å². The normalized spacial score (nSPS) is 26.4. The Bertz CT molecular complexity index is 167. The highest BCUT2D eigenvalue weighted by molar-refractivity contribution is 4.85. The lowest BCUT2D eigenvalue weighted by molar-refractivity contribution is 0.0640. The summed E-state index contributed by atoms with van der Waals surface area (Å²) in [7, 11) is 2.14. The van der Waals surface area contributed by atoms with Gasteiger partial charge in [0, 0.05) is 18.6 Å². The highest BCUT2D eigenvalue weighted by atomic mass is 16.5. The lowest BCUT2D eigenvalue weighted by Crippen LogP contribution is -2.39. The second-order valence-electron chi connectivity index (χ2n) is 4.91. The van der Waals surface area contributed by atoms with Crippen molar-refractivity contribution >= 4 is 0 Å². The molecule has 90 valence electrons. The average molecular weight is 215 g/mol. The lowest BCUT2D eigenvalue weighted by Gasteiger charge is -2.30. The first-order valence-electron chi connectivity index (χ1n) is 6.09. The molecule has 1 aliphatic heterocycles. The molecule has 0 aliphatic carbocycles. The van der Waals surface area contributed by atoms with E-state index in [1.54, 1.807) is 0 Å². The van der Waals surface area contributed by atoms with Gasteiger partial charge in [0.1, 0.15) is 0 Å². The molecule has 0 bridgehead atoms. The van der Waals surface area contributed by atoms with Crippen molar-refractivity contribution < 1.29 is 9.84 Å². The fourth-order valence-electron chi connectivity index (χ4n) is 2.23. The molecule has 1 saturated heterocycles. The summed E-state index contributed by atoms with van der Waals surface area (Å²) in [6, 6.07) is 0. The SMILES string of the molecule is CCCCCN(C)CC1(CO)CCOC1. The minimum absolute atomic E-state index is 0.0148. The van der Waals surface area contributed by atoms with Crippen molar-refractivity contribution in [2.75, 3.05) is 40.0 Å². The first kappa shape index (κ1) is 12.9. The Balaban J connectivity index is 2.25. The largest absolute Gasteiger partial charge is 0.396 e. The lowest BCUT2D eigenvalue weighted by atomic mass is 9.88. The van der Waals surface area contributed by atoms with E-state index < -0.39 is 0 Å². The van der Waals surface area contributed by atoms with E-state index in [1.165, 1.54) is 19.3 Å². The zero-order chi connectivity index (χ0) is 11.1. The Morgan fingerprint density at radius 2 is 2.20 bits per heavy atom. The van der Waals surface area contributed by atoms with E-state index in [0.717, 1.165) is 32.7 Å². The molecule has 0 aromatic carbocycles. The van der Waals surface area contributed by atoms with Gasteiger partial charge in [-0.25, -0.2) is 0 Å². The van der Waals surface area contributed by atoms with Crippen molar-refractivity contribution in [2.45, 2.75) is 32.6 Å². The minimum atomic E-state index is 0.0148. The van der Waals surface area contributed by atoms with Crippen molar-refractivity contribution in [1.29, 1.82) is 0 Å². The van der Waals surface area contributed by atoms with Crippen LogP contribution in [0.2, 0.25) is 0 Å². The predicted octanol–water partition coefficient (Wildman–Crippen LogP) is 1.51. The van der Waals surface area contributed by atoms with Crippen molar-refractivity contribution in [3.05, 3.63) is 0 Å². The molecule has 0 saturated carbocycles. The van der Waals surface area contributed by atoms with Crippen molar-refractivity contribution in [3.63, 3.8) is 0 Å². The summed E-state index contributed by atoms with van der Waals surface area (Å²) >= 11 is 0. The van der Waals surface area contributed by atoms with E-state index in [9.17, 15) is 5.11 Å². The average Bonchev–Trinajstić information content (AvgIpc) is 2.67. The van der Waals surface area contributed by atoms with Gasteiger partial charge in [0.2, 0.25) is 0 Å². The number of unbranched alkanes of at least 4 members (excludes halogenated alkanes) is 2. The first-order chi connectivity index (χ1) is 7.22. The minimum Gasteiger partial charge on any atom is -0.396 e. The van der Waals surface area contributed by atoms with Gasteiger partial charge in [-0.15, -0.1) is 0 Å². The number of hydrogen-bond acceptors (Lipinski definition) is 3. The summed E-state index contributed by atoms with van der Waals surface area (Å²) < 4.78 is 5.39. The fraction of sp³-hybridized carbons (Fsp3) is 1.00. The Kier molecular flexibility index (Phi) is 5.58. The van der Waals surface area contributed by atoms with Crippen molar-refractivity contribution in [1.82, 2.24) is 4.90 Å². The van der Waals surface area contributed by atoms with E-state index in [1.807, 2.05) is 0 Å². The molecule has 0 aromatic rings. The van der Waals surface area contributed by atoms with E-state index in [2.05, 4.69) is 18.9 Å². The molecule has 0 aromatic heterocycles. The van der Waals surface area contributed by atoms with Gasteiger partial charge in [-0.1, -0.05) is 19.8 Å². The van der Waals surface area contributed by atoms with Crippen LogP contribution in [0.5, 0.6) is 0 Å². The molecule has 0 spiro atoms. The van der Waals surface area contributed by atoms with Crippen LogP contribution in [-0.2, 0) is 4.74 Å². The summed E-state index contributed by atoms with van der Waals surface area (Å²) in [6.07, 6.45) is 4.83. The number of rotatable bonds is 7. The second-order valence-corrected chi connectivity index (χ2v) is 4.91.